The minimum Gasteiger partial charge on any atom is -0.507 e. The molecule has 0 bridgehead atoms. The molecule has 0 saturated carbocycles. The Morgan fingerprint density at radius 2 is 1.96 bits per heavy atom. The fourth-order valence-electron chi connectivity index (χ4n) is 3.43. The number of hydrogen-bond donors (Lipinski definition) is 1. The third-order valence-electron chi connectivity index (χ3n) is 4.67. The highest BCUT2D eigenvalue weighted by Gasteiger charge is 2.34. The van der Waals surface area contributed by atoms with Crippen molar-refractivity contribution in [3.05, 3.63) is 47.0 Å². The molecule has 2 aromatic carbocycles. The van der Waals surface area contributed by atoms with Crippen molar-refractivity contribution in [3.8, 4) is 22.6 Å². The van der Waals surface area contributed by atoms with E-state index in [0.29, 0.717) is 16.9 Å². The van der Waals surface area contributed by atoms with Crippen molar-refractivity contribution < 1.29 is 14.6 Å². The molecule has 1 N–H and O–H groups in total. The van der Waals surface area contributed by atoms with Gasteiger partial charge in [0, 0.05) is 11.1 Å². The molecule has 0 atom stereocenters. The number of hydrogen-bond acceptors (Lipinski definition) is 3. The summed E-state index contributed by atoms with van der Waals surface area (Å²) >= 11 is 0. The van der Waals surface area contributed by atoms with Gasteiger partial charge in [0.2, 0.25) is 0 Å². The van der Waals surface area contributed by atoms with Crippen molar-refractivity contribution in [3.63, 3.8) is 0 Å². The number of unbranched alkanes of at least 4 members (excludes halogenated alkanes) is 2. The first kappa shape index (κ1) is 16.6. The van der Waals surface area contributed by atoms with Gasteiger partial charge in [0.1, 0.15) is 23.4 Å². The number of aromatic hydroxyl groups is 1. The molecule has 24 heavy (non-hydrogen) atoms. The van der Waals surface area contributed by atoms with E-state index in [1.165, 1.54) is 12.8 Å². The molecule has 1 aliphatic heterocycles. The summed E-state index contributed by atoms with van der Waals surface area (Å²) in [5, 5.41) is 10.6. The maximum atomic E-state index is 11.2. The lowest BCUT2D eigenvalue weighted by atomic mass is 9.84. The fraction of sp³-hybridized carbons (Fsp3) is 0.381. The molecule has 1 heterocycles. The molecule has 0 aromatic heterocycles. The van der Waals surface area contributed by atoms with Crippen molar-refractivity contribution in [2.75, 3.05) is 0 Å². The third-order valence-corrected chi connectivity index (χ3v) is 4.67. The Morgan fingerprint density at radius 1 is 1.17 bits per heavy atom. The van der Waals surface area contributed by atoms with E-state index in [9.17, 15) is 9.90 Å². The average Bonchev–Trinajstić information content (AvgIpc) is 2.53. The van der Waals surface area contributed by atoms with Gasteiger partial charge in [-0.15, -0.1) is 0 Å². The molecule has 0 unspecified atom stereocenters. The SMILES string of the molecule is CCCCCc1cc(O)c2c(c1)OC(C)(C)c1ccc(C=O)cc1-2. The zero-order chi connectivity index (χ0) is 17.3. The first-order valence-electron chi connectivity index (χ1n) is 8.61. The van der Waals surface area contributed by atoms with Crippen LogP contribution in [0.2, 0.25) is 0 Å². The molecule has 0 amide bonds. The standard InChI is InChI=1S/C21H24O3/c1-4-5-6-7-14-11-18(23)20-16-10-15(13-22)8-9-17(16)21(2,3)24-19(20)12-14/h8-13,23H,4-7H2,1-3H3. The molecule has 0 saturated heterocycles. The van der Waals surface area contributed by atoms with E-state index in [1.807, 2.05) is 38.1 Å². The molecule has 3 nitrogen and oxygen atoms in total. The Bertz CT molecular complexity index is 775. The van der Waals surface area contributed by atoms with Crippen LogP contribution in [0.25, 0.3) is 11.1 Å². The summed E-state index contributed by atoms with van der Waals surface area (Å²) < 4.78 is 6.20. The lowest BCUT2D eigenvalue weighted by Gasteiger charge is -2.35. The quantitative estimate of drug-likeness (QED) is 0.605. The average molecular weight is 324 g/mol. The van der Waals surface area contributed by atoms with Gasteiger partial charge in [-0.05, 0) is 56.0 Å². The summed E-state index contributed by atoms with van der Waals surface area (Å²) in [5.74, 6) is 0.917. The van der Waals surface area contributed by atoms with E-state index in [4.69, 9.17) is 4.74 Å². The molecule has 1 aliphatic rings. The molecule has 2 aromatic rings. The second-order valence-corrected chi connectivity index (χ2v) is 6.98. The number of phenolic OH excluding ortho intramolecular Hbond substituents is 1. The van der Waals surface area contributed by atoms with Gasteiger partial charge >= 0.3 is 0 Å². The zero-order valence-corrected chi connectivity index (χ0v) is 14.6. The Morgan fingerprint density at radius 3 is 2.67 bits per heavy atom. The van der Waals surface area contributed by atoms with E-state index >= 15 is 0 Å². The topological polar surface area (TPSA) is 46.5 Å². The van der Waals surface area contributed by atoms with Gasteiger partial charge in [-0.1, -0.05) is 31.9 Å². The van der Waals surface area contributed by atoms with Crippen molar-refractivity contribution in [1.82, 2.24) is 0 Å². The summed E-state index contributed by atoms with van der Waals surface area (Å²) in [7, 11) is 0. The molecule has 3 heteroatoms. The second kappa shape index (κ2) is 6.31. The van der Waals surface area contributed by atoms with Gasteiger partial charge in [-0.2, -0.15) is 0 Å². The Labute approximate surface area is 143 Å². The van der Waals surface area contributed by atoms with Gasteiger partial charge in [-0.25, -0.2) is 0 Å². The van der Waals surface area contributed by atoms with E-state index in [0.717, 1.165) is 35.8 Å². The van der Waals surface area contributed by atoms with Crippen LogP contribution in [0.3, 0.4) is 0 Å². The fourth-order valence-corrected chi connectivity index (χ4v) is 3.43. The van der Waals surface area contributed by atoms with Crippen LogP contribution in [-0.4, -0.2) is 11.4 Å². The number of aldehydes is 1. The van der Waals surface area contributed by atoms with Crippen LogP contribution >= 0.6 is 0 Å². The Balaban J connectivity index is 2.11. The van der Waals surface area contributed by atoms with E-state index in [2.05, 4.69) is 6.92 Å². The monoisotopic (exact) mass is 324 g/mol. The molecule has 0 aliphatic carbocycles. The molecule has 0 fully saturated rings. The van der Waals surface area contributed by atoms with Crippen LogP contribution in [-0.2, 0) is 12.0 Å². The summed E-state index contributed by atoms with van der Waals surface area (Å²) in [5.41, 5.74) is 3.73. The van der Waals surface area contributed by atoms with Gasteiger partial charge in [0.05, 0.1) is 5.56 Å². The van der Waals surface area contributed by atoms with Gasteiger partial charge in [0.15, 0.2) is 0 Å². The lowest BCUT2D eigenvalue weighted by molar-refractivity contribution is 0.105. The largest absolute Gasteiger partial charge is 0.507 e. The number of carbonyl (C=O) groups excluding carboxylic acids is 1. The molecule has 0 radical (unpaired) electrons. The molecule has 0 spiro atoms. The van der Waals surface area contributed by atoms with Crippen LogP contribution in [0.5, 0.6) is 11.5 Å². The van der Waals surface area contributed by atoms with Gasteiger partial charge in [0.25, 0.3) is 0 Å². The van der Waals surface area contributed by atoms with Crippen molar-refractivity contribution in [2.45, 2.75) is 52.1 Å². The van der Waals surface area contributed by atoms with Crippen LogP contribution in [0, 0.1) is 0 Å². The minimum absolute atomic E-state index is 0.221. The predicted molar refractivity (Wildman–Crippen MR) is 95.8 cm³/mol. The smallest absolute Gasteiger partial charge is 0.150 e. The summed E-state index contributed by atoms with van der Waals surface area (Å²) in [4.78, 5) is 11.2. The number of carbonyl (C=O) groups is 1. The van der Waals surface area contributed by atoms with Crippen molar-refractivity contribution >= 4 is 6.29 Å². The maximum Gasteiger partial charge on any atom is 0.150 e. The van der Waals surface area contributed by atoms with Crippen LogP contribution in [0.1, 0.15) is 61.5 Å². The van der Waals surface area contributed by atoms with Crippen molar-refractivity contribution in [1.29, 1.82) is 0 Å². The van der Waals surface area contributed by atoms with Crippen LogP contribution < -0.4 is 4.74 Å². The first-order valence-corrected chi connectivity index (χ1v) is 8.61. The number of ether oxygens (including phenoxy) is 1. The summed E-state index contributed by atoms with van der Waals surface area (Å²) in [6.45, 7) is 6.20. The number of aryl methyl sites for hydroxylation is 1. The predicted octanol–water partition coefficient (Wildman–Crippen LogP) is 5.23. The Kier molecular flexibility index (Phi) is 4.35. The second-order valence-electron chi connectivity index (χ2n) is 6.98. The molecular formula is C21H24O3. The number of phenols is 1. The number of benzene rings is 2. The van der Waals surface area contributed by atoms with Crippen LogP contribution in [0.4, 0.5) is 0 Å². The summed E-state index contributed by atoms with van der Waals surface area (Å²) in [6, 6.07) is 9.40. The van der Waals surface area contributed by atoms with Gasteiger partial charge < -0.3 is 9.84 Å². The maximum absolute atomic E-state index is 11.2. The number of rotatable bonds is 5. The van der Waals surface area contributed by atoms with E-state index in [1.54, 1.807) is 6.07 Å². The third kappa shape index (κ3) is 2.91. The van der Waals surface area contributed by atoms with E-state index < -0.39 is 5.60 Å². The molecular weight excluding hydrogens is 300 g/mol. The highest BCUT2D eigenvalue weighted by Crippen LogP contribution is 2.49. The highest BCUT2D eigenvalue weighted by atomic mass is 16.5. The zero-order valence-electron chi connectivity index (χ0n) is 14.6. The lowest BCUT2D eigenvalue weighted by Crippen LogP contribution is -2.29. The molecule has 126 valence electrons. The highest BCUT2D eigenvalue weighted by molar-refractivity contribution is 5.86. The van der Waals surface area contributed by atoms with E-state index in [-0.39, 0.29) is 5.75 Å². The van der Waals surface area contributed by atoms with Crippen LogP contribution in [0.15, 0.2) is 30.3 Å². The Hall–Kier alpha value is -2.29. The normalized spacial score (nSPS) is 14.5. The summed E-state index contributed by atoms with van der Waals surface area (Å²) in [6.07, 6.45) is 5.21. The molecule has 3 rings (SSSR count). The first-order chi connectivity index (χ1) is 11.5. The van der Waals surface area contributed by atoms with Crippen molar-refractivity contribution in [2.24, 2.45) is 0 Å². The minimum atomic E-state index is -0.502. The number of fused-ring (bicyclic) bond motifs is 3. The van der Waals surface area contributed by atoms with Gasteiger partial charge in [-0.3, -0.25) is 4.79 Å².